The Morgan fingerprint density at radius 2 is 1.77 bits per heavy atom. The van der Waals surface area contributed by atoms with Gasteiger partial charge in [0.25, 0.3) is 0 Å². The van der Waals surface area contributed by atoms with Gasteiger partial charge in [0.2, 0.25) is 0 Å². The minimum Gasteiger partial charge on any atom is -0.493 e. The monoisotopic (exact) mass is 361 g/mol. The third-order valence-electron chi connectivity index (χ3n) is 5.55. The van der Waals surface area contributed by atoms with Crippen LogP contribution in [0.1, 0.15) is 32.3 Å². The van der Waals surface area contributed by atoms with E-state index in [0.717, 1.165) is 31.1 Å². The summed E-state index contributed by atoms with van der Waals surface area (Å²) < 4.78 is 11.3. The van der Waals surface area contributed by atoms with Crippen LogP contribution in [0.15, 0.2) is 29.8 Å². The Hall–Kier alpha value is -1.56. The molecule has 3 rings (SSSR count). The van der Waals surface area contributed by atoms with Gasteiger partial charge in [0.15, 0.2) is 11.5 Å². The molecule has 2 fully saturated rings. The van der Waals surface area contributed by atoms with Crippen molar-refractivity contribution in [1.29, 1.82) is 0 Å². The summed E-state index contributed by atoms with van der Waals surface area (Å²) in [5.41, 5.74) is 2.42. The number of likely N-dealkylation sites (tertiary alicyclic amines) is 1. The zero-order chi connectivity index (χ0) is 18.7. The molecule has 2 aliphatic rings. The number of aliphatic hydroxyl groups excluding tert-OH is 2. The number of nitrogens with zero attached hydrogens (tertiary/aromatic N) is 1. The minimum atomic E-state index is -0.562. The van der Waals surface area contributed by atoms with Crippen LogP contribution in [-0.4, -0.2) is 54.1 Å². The lowest BCUT2D eigenvalue weighted by molar-refractivity contribution is -0.0372. The number of rotatable bonds is 6. The van der Waals surface area contributed by atoms with Crippen molar-refractivity contribution in [3.63, 3.8) is 0 Å². The molecular weight excluding hydrogens is 330 g/mol. The van der Waals surface area contributed by atoms with Gasteiger partial charge in [-0.15, -0.1) is 0 Å². The molecule has 1 saturated heterocycles. The molecule has 0 unspecified atom stereocenters. The lowest BCUT2D eigenvalue weighted by Gasteiger charge is -2.32. The number of aliphatic hydroxyl groups is 2. The molecule has 1 aliphatic heterocycles. The van der Waals surface area contributed by atoms with Crippen LogP contribution in [0.2, 0.25) is 0 Å². The predicted octanol–water partition coefficient (Wildman–Crippen LogP) is 2.60. The van der Waals surface area contributed by atoms with E-state index in [1.807, 2.05) is 18.2 Å². The van der Waals surface area contributed by atoms with Crippen molar-refractivity contribution in [2.24, 2.45) is 11.8 Å². The van der Waals surface area contributed by atoms with Crippen molar-refractivity contribution in [3.8, 4) is 11.5 Å². The average Bonchev–Trinajstić information content (AvgIpc) is 2.97. The highest BCUT2D eigenvalue weighted by atomic mass is 16.5. The maximum atomic E-state index is 9.90. The van der Waals surface area contributed by atoms with Crippen LogP contribution >= 0.6 is 0 Å². The van der Waals surface area contributed by atoms with E-state index in [1.54, 1.807) is 7.11 Å². The second kappa shape index (κ2) is 8.42. The summed E-state index contributed by atoms with van der Waals surface area (Å²) in [5.74, 6) is 2.49. The third-order valence-corrected chi connectivity index (χ3v) is 5.55. The fourth-order valence-electron chi connectivity index (χ4n) is 4.12. The second-order valence-electron chi connectivity index (χ2n) is 7.90. The first-order valence-corrected chi connectivity index (χ1v) is 9.47. The van der Waals surface area contributed by atoms with Crippen LogP contribution in [0.3, 0.4) is 0 Å². The summed E-state index contributed by atoms with van der Waals surface area (Å²) in [4.78, 5) is 2.42. The zero-order valence-corrected chi connectivity index (χ0v) is 16.0. The van der Waals surface area contributed by atoms with E-state index < -0.39 is 12.2 Å². The predicted molar refractivity (Wildman–Crippen MR) is 101 cm³/mol. The van der Waals surface area contributed by atoms with Gasteiger partial charge < -0.3 is 19.7 Å². The van der Waals surface area contributed by atoms with Gasteiger partial charge in [-0.1, -0.05) is 11.6 Å². The summed E-state index contributed by atoms with van der Waals surface area (Å²) in [7, 11) is 1.67. The summed E-state index contributed by atoms with van der Waals surface area (Å²) in [6.07, 6.45) is 2.34. The Balaban J connectivity index is 1.61. The number of ether oxygens (including phenoxy) is 2. The highest BCUT2D eigenvalue weighted by molar-refractivity contribution is 5.43. The molecule has 1 aromatic rings. The van der Waals surface area contributed by atoms with Gasteiger partial charge in [0.05, 0.1) is 19.3 Å². The Kier molecular flexibility index (Phi) is 6.22. The summed E-state index contributed by atoms with van der Waals surface area (Å²) in [5, 5.41) is 19.8. The van der Waals surface area contributed by atoms with Gasteiger partial charge in [-0.25, -0.2) is 0 Å². The van der Waals surface area contributed by atoms with E-state index in [2.05, 4.69) is 24.8 Å². The van der Waals surface area contributed by atoms with Crippen LogP contribution in [0.5, 0.6) is 11.5 Å². The maximum Gasteiger partial charge on any atom is 0.161 e. The molecule has 0 aromatic heterocycles. The van der Waals surface area contributed by atoms with E-state index in [-0.39, 0.29) is 0 Å². The van der Waals surface area contributed by atoms with E-state index in [0.29, 0.717) is 31.3 Å². The summed E-state index contributed by atoms with van der Waals surface area (Å²) >= 11 is 0. The normalized spacial score (nSPS) is 28.5. The number of fused-ring (bicyclic) bond motifs is 1. The summed E-state index contributed by atoms with van der Waals surface area (Å²) in [6, 6.07) is 6.11. The average molecular weight is 361 g/mol. The molecule has 0 bridgehead atoms. The third kappa shape index (κ3) is 4.58. The van der Waals surface area contributed by atoms with Gasteiger partial charge in [-0.2, -0.15) is 0 Å². The Labute approximate surface area is 156 Å². The number of hydrogen-bond donors (Lipinski definition) is 2. The van der Waals surface area contributed by atoms with Crippen LogP contribution in [-0.2, 0) is 6.54 Å². The molecule has 5 nitrogen and oxygen atoms in total. The Morgan fingerprint density at radius 1 is 1.12 bits per heavy atom. The van der Waals surface area contributed by atoms with Crippen LogP contribution < -0.4 is 9.47 Å². The fourth-order valence-corrected chi connectivity index (χ4v) is 4.12. The zero-order valence-electron chi connectivity index (χ0n) is 16.0. The van der Waals surface area contributed by atoms with Crippen molar-refractivity contribution in [2.45, 2.75) is 45.4 Å². The molecular formula is C21H31NO4. The van der Waals surface area contributed by atoms with E-state index in [1.165, 1.54) is 11.1 Å². The first-order valence-electron chi connectivity index (χ1n) is 9.47. The fraction of sp³-hybridized carbons (Fsp3) is 0.619. The molecule has 0 amide bonds. The summed E-state index contributed by atoms with van der Waals surface area (Å²) in [6.45, 7) is 7.46. The highest BCUT2D eigenvalue weighted by Crippen LogP contribution is 2.37. The number of methoxy groups -OCH3 is 1. The van der Waals surface area contributed by atoms with Crippen molar-refractivity contribution >= 4 is 0 Å². The minimum absolute atomic E-state index is 0.488. The van der Waals surface area contributed by atoms with Crippen LogP contribution in [0.25, 0.3) is 0 Å². The molecule has 1 aromatic carbocycles. The van der Waals surface area contributed by atoms with E-state index in [9.17, 15) is 10.2 Å². The van der Waals surface area contributed by atoms with Crippen LogP contribution in [0, 0.1) is 11.8 Å². The van der Waals surface area contributed by atoms with Gasteiger partial charge in [-0.05, 0) is 62.3 Å². The van der Waals surface area contributed by atoms with Gasteiger partial charge in [0, 0.05) is 19.6 Å². The van der Waals surface area contributed by atoms with Gasteiger partial charge in [-0.3, -0.25) is 4.90 Å². The van der Waals surface area contributed by atoms with Gasteiger partial charge >= 0.3 is 0 Å². The topological polar surface area (TPSA) is 62.2 Å². The lowest BCUT2D eigenvalue weighted by atomic mass is 9.79. The first-order chi connectivity index (χ1) is 12.5. The largest absolute Gasteiger partial charge is 0.493 e. The van der Waals surface area contributed by atoms with Crippen molar-refractivity contribution in [1.82, 2.24) is 4.90 Å². The first kappa shape index (κ1) is 19.2. The second-order valence-corrected chi connectivity index (χ2v) is 7.90. The molecule has 0 radical (unpaired) electrons. The number of allylic oxidation sites excluding steroid dienone is 1. The molecule has 2 N–H and O–H groups in total. The molecule has 1 saturated carbocycles. The maximum absolute atomic E-state index is 9.90. The Morgan fingerprint density at radius 3 is 2.35 bits per heavy atom. The van der Waals surface area contributed by atoms with Crippen molar-refractivity contribution < 1.29 is 19.7 Å². The smallest absolute Gasteiger partial charge is 0.161 e. The number of hydrogen-bond acceptors (Lipinski definition) is 5. The number of benzene rings is 1. The SMILES string of the molecule is COc1cc(CN2C[C@H]3C[C@H](O)[C@@H](O)C[C@H]3C2)ccc1OCC=C(C)C. The molecule has 26 heavy (non-hydrogen) atoms. The highest BCUT2D eigenvalue weighted by Gasteiger charge is 2.40. The molecule has 4 atom stereocenters. The molecule has 144 valence electrons. The molecule has 1 heterocycles. The Bertz CT molecular complexity index is 623. The molecule has 5 heteroatoms. The standard InChI is InChI=1S/C21H31NO4/c1-14(2)6-7-26-20-5-4-15(8-21(20)25-3)11-22-12-16-9-18(23)19(24)10-17(16)13-22/h4-6,8,16-19,23-24H,7,9-13H2,1-3H3/t16-,17+,18-,19-/m0/s1. The lowest BCUT2D eigenvalue weighted by Crippen LogP contribution is -2.38. The van der Waals surface area contributed by atoms with Crippen molar-refractivity contribution in [2.75, 3.05) is 26.8 Å². The quantitative estimate of drug-likeness (QED) is 0.763. The van der Waals surface area contributed by atoms with Gasteiger partial charge in [0.1, 0.15) is 6.61 Å². The van der Waals surface area contributed by atoms with E-state index in [4.69, 9.17) is 9.47 Å². The molecule has 1 aliphatic carbocycles. The molecule has 0 spiro atoms. The van der Waals surface area contributed by atoms with E-state index >= 15 is 0 Å². The van der Waals surface area contributed by atoms with Crippen LogP contribution in [0.4, 0.5) is 0 Å². The van der Waals surface area contributed by atoms with Crippen molar-refractivity contribution in [3.05, 3.63) is 35.4 Å².